The second-order valence-electron chi connectivity index (χ2n) is 4.52. The number of anilines is 1. The molecule has 1 saturated heterocycles. The molecule has 1 aliphatic heterocycles. The van der Waals surface area contributed by atoms with Crippen molar-refractivity contribution in [3.05, 3.63) is 24.2 Å². The molecular formula is C12H17N5. The molecule has 90 valence electrons. The summed E-state index contributed by atoms with van der Waals surface area (Å²) in [6, 6.07) is 4.08. The fourth-order valence-electron chi connectivity index (χ4n) is 2.55. The van der Waals surface area contributed by atoms with Gasteiger partial charge in [-0.25, -0.2) is 9.50 Å². The molecule has 0 saturated carbocycles. The first-order valence-electron chi connectivity index (χ1n) is 6.14. The van der Waals surface area contributed by atoms with E-state index in [0.29, 0.717) is 6.04 Å². The zero-order chi connectivity index (χ0) is 11.8. The summed E-state index contributed by atoms with van der Waals surface area (Å²) in [5.74, 6) is 0.926. The van der Waals surface area contributed by atoms with E-state index in [2.05, 4.69) is 21.9 Å². The summed E-state index contributed by atoms with van der Waals surface area (Å²) >= 11 is 0. The van der Waals surface area contributed by atoms with Crippen LogP contribution >= 0.6 is 0 Å². The summed E-state index contributed by atoms with van der Waals surface area (Å²) < 4.78 is 1.80. The molecule has 0 amide bonds. The summed E-state index contributed by atoms with van der Waals surface area (Å²) in [7, 11) is 0. The van der Waals surface area contributed by atoms with Gasteiger partial charge in [-0.05, 0) is 32.0 Å². The van der Waals surface area contributed by atoms with Crippen LogP contribution < -0.4 is 5.73 Å². The molecule has 1 atom stereocenters. The van der Waals surface area contributed by atoms with Gasteiger partial charge in [-0.2, -0.15) is 0 Å². The maximum Gasteiger partial charge on any atom is 0.168 e. The van der Waals surface area contributed by atoms with Gasteiger partial charge in [-0.3, -0.25) is 4.90 Å². The highest BCUT2D eigenvalue weighted by Crippen LogP contribution is 2.29. The molecule has 0 bridgehead atoms. The van der Waals surface area contributed by atoms with Crippen LogP contribution in [-0.2, 0) is 0 Å². The third kappa shape index (κ3) is 1.76. The molecule has 2 N–H and O–H groups in total. The molecule has 0 spiro atoms. The van der Waals surface area contributed by atoms with Crippen LogP contribution in [0, 0.1) is 0 Å². The Morgan fingerprint density at radius 3 is 3.24 bits per heavy atom. The van der Waals surface area contributed by atoms with Crippen molar-refractivity contribution < 1.29 is 0 Å². The minimum absolute atomic E-state index is 0.376. The number of hydrogen-bond donors (Lipinski definition) is 1. The molecule has 3 rings (SSSR count). The quantitative estimate of drug-likeness (QED) is 0.850. The first-order valence-corrected chi connectivity index (χ1v) is 6.14. The van der Waals surface area contributed by atoms with E-state index in [1.165, 1.54) is 6.42 Å². The van der Waals surface area contributed by atoms with Crippen LogP contribution in [0.15, 0.2) is 18.3 Å². The topological polar surface area (TPSA) is 59.5 Å². The van der Waals surface area contributed by atoms with Crippen molar-refractivity contribution >= 4 is 11.3 Å². The molecule has 1 unspecified atom stereocenters. The van der Waals surface area contributed by atoms with Crippen molar-refractivity contribution in [3.63, 3.8) is 0 Å². The predicted octanol–water partition coefficient (Wildman–Crippen LogP) is 1.47. The van der Waals surface area contributed by atoms with E-state index in [4.69, 9.17) is 5.73 Å². The van der Waals surface area contributed by atoms with Crippen LogP contribution in [0.3, 0.4) is 0 Å². The number of likely N-dealkylation sites (tertiary alicyclic amines) is 1. The summed E-state index contributed by atoms with van der Waals surface area (Å²) in [4.78, 5) is 7.01. The SMILES string of the molecule is CCN1CCCC1c1nc2cc(N)ccn2n1. The lowest BCUT2D eigenvalue weighted by Crippen LogP contribution is -2.23. The Balaban J connectivity index is 2.00. The molecule has 0 radical (unpaired) electrons. The van der Waals surface area contributed by atoms with Crippen molar-refractivity contribution in [1.29, 1.82) is 0 Å². The number of aromatic nitrogens is 3. The van der Waals surface area contributed by atoms with Crippen molar-refractivity contribution in [2.24, 2.45) is 0 Å². The molecule has 1 aliphatic rings. The molecule has 0 aliphatic carbocycles. The fraction of sp³-hybridized carbons (Fsp3) is 0.500. The van der Waals surface area contributed by atoms with Crippen LogP contribution in [0.25, 0.3) is 5.65 Å². The molecule has 3 heterocycles. The predicted molar refractivity (Wildman–Crippen MR) is 66.6 cm³/mol. The van der Waals surface area contributed by atoms with Crippen LogP contribution in [0.5, 0.6) is 0 Å². The van der Waals surface area contributed by atoms with E-state index in [0.717, 1.165) is 36.7 Å². The lowest BCUT2D eigenvalue weighted by atomic mass is 10.2. The van der Waals surface area contributed by atoms with Gasteiger partial charge >= 0.3 is 0 Å². The number of fused-ring (bicyclic) bond motifs is 1. The zero-order valence-corrected chi connectivity index (χ0v) is 10.0. The summed E-state index contributed by atoms with van der Waals surface area (Å²) in [5.41, 5.74) is 7.32. The maximum absolute atomic E-state index is 5.75. The van der Waals surface area contributed by atoms with Crippen LogP contribution in [-0.4, -0.2) is 32.6 Å². The second kappa shape index (κ2) is 4.00. The van der Waals surface area contributed by atoms with Crippen molar-refractivity contribution in [3.8, 4) is 0 Å². The average Bonchev–Trinajstić information content (AvgIpc) is 2.93. The molecule has 2 aromatic heterocycles. The van der Waals surface area contributed by atoms with Gasteiger partial charge < -0.3 is 5.73 Å². The van der Waals surface area contributed by atoms with Crippen molar-refractivity contribution in [1.82, 2.24) is 19.5 Å². The lowest BCUT2D eigenvalue weighted by Gasteiger charge is -2.19. The summed E-state index contributed by atoms with van der Waals surface area (Å²) in [6.07, 6.45) is 4.25. The number of hydrogen-bond acceptors (Lipinski definition) is 4. The summed E-state index contributed by atoms with van der Waals surface area (Å²) in [5, 5.41) is 4.54. The number of nitrogens with two attached hydrogens (primary N) is 1. The minimum atomic E-state index is 0.376. The molecule has 17 heavy (non-hydrogen) atoms. The molecule has 5 heteroatoms. The Hall–Kier alpha value is -1.62. The van der Waals surface area contributed by atoms with E-state index in [1.807, 2.05) is 18.3 Å². The Morgan fingerprint density at radius 2 is 2.41 bits per heavy atom. The Morgan fingerprint density at radius 1 is 1.53 bits per heavy atom. The van der Waals surface area contributed by atoms with Crippen LogP contribution in [0.4, 0.5) is 5.69 Å². The zero-order valence-electron chi connectivity index (χ0n) is 10.0. The first-order chi connectivity index (χ1) is 8.28. The number of nitrogen functional groups attached to an aromatic ring is 1. The third-order valence-electron chi connectivity index (χ3n) is 3.45. The number of nitrogens with zero attached hydrogens (tertiary/aromatic N) is 4. The Bertz CT molecular complexity index is 533. The smallest absolute Gasteiger partial charge is 0.168 e. The van der Waals surface area contributed by atoms with Gasteiger partial charge in [0.15, 0.2) is 11.5 Å². The number of pyridine rings is 1. The average molecular weight is 231 g/mol. The Labute approximate surface area is 100 Å². The molecule has 2 aromatic rings. The van der Waals surface area contributed by atoms with E-state index in [1.54, 1.807) is 4.52 Å². The Kier molecular flexibility index (Phi) is 2.48. The van der Waals surface area contributed by atoms with Crippen molar-refractivity contribution in [2.75, 3.05) is 18.8 Å². The van der Waals surface area contributed by atoms with E-state index >= 15 is 0 Å². The van der Waals surface area contributed by atoms with Gasteiger partial charge in [0, 0.05) is 18.0 Å². The van der Waals surface area contributed by atoms with Gasteiger partial charge in [0.05, 0.1) is 6.04 Å². The van der Waals surface area contributed by atoms with Gasteiger partial charge in [0.2, 0.25) is 0 Å². The standard InChI is InChI=1S/C12H17N5/c1-2-16-6-3-4-10(16)12-14-11-8-9(13)5-7-17(11)15-12/h5,7-8,10H,2-4,6,13H2,1H3. The highest BCUT2D eigenvalue weighted by molar-refractivity contribution is 5.50. The molecular weight excluding hydrogens is 214 g/mol. The molecule has 0 aromatic carbocycles. The second-order valence-corrected chi connectivity index (χ2v) is 4.52. The lowest BCUT2D eigenvalue weighted by molar-refractivity contribution is 0.262. The minimum Gasteiger partial charge on any atom is -0.399 e. The van der Waals surface area contributed by atoms with E-state index in [-0.39, 0.29) is 0 Å². The van der Waals surface area contributed by atoms with E-state index < -0.39 is 0 Å². The summed E-state index contributed by atoms with van der Waals surface area (Å²) in [6.45, 7) is 4.40. The monoisotopic (exact) mass is 231 g/mol. The highest BCUT2D eigenvalue weighted by atomic mass is 15.3. The first kappa shape index (κ1) is 10.5. The van der Waals surface area contributed by atoms with Gasteiger partial charge in [0.1, 0.15) is 0 Å². The maximum atomic E-state index is 5.75. The highest BCUT2D eigenvalue weighted by Gasteiger charge is 2.27. The fourth-order valence-corrected chi connectivity index (χ4v) is 2.55. The van der Waals surface area contributed by atoms with Gasteiger partial charge in [-0.15, -0.1) is 5.10 Å². The van der Waals surface area contributed by atoms with Crippen LogP contribution in [0.2, 0.25) is 0 Å². The molecule has 1 fully saturated rings. The van der Waals surface area contributed by atoms with Gasteiger partial charge in [0.25, 0.3) is 0 Å². The third-order valence-corrected chi connectivity index (χ3v) is 3.45. The van der Waals surface area contributed by atoms with Crippen molar-refractivity contribution in [2.45, 2.75) is 25.8 Å². The number of rotatable bonds is 2. The van der Waals surface area contributed by atoms with Gasteiger partial charge in [-0.1, -0.05) is 6.92 Å². The van der Waals surface area contributed by atoms with E-state index in [9.17, 15) is 0 Å². The normalized spacial score (nSPS) is 21.4. The molecule has 5 nitrogen and oxygen atoms in total. The largest absolute Gasteiger partial charge is 0.399 e. The van der Waals surface area contributed by atoms with Crippen LogP contribution in [0.1, 0.15) is 31.6 Å².